The molecule has 94 valence electrons. The van der Waals surface area contributed by atoms with Gasteiger partial charge in [0.1, 0.15) is 10.8 Å². The fourth-order valence-corrected chi connectivity index (χ4v) is 2.42. The number of aryl methyl sites for hydroxylation is 3. The summed E-state index contributed by atoms with van der Waals surface area (Å²) < 4.78 is 5.41. The minimum absolute atomic E-state index is 0.191. The molecule has 0 saturated heterocycles. The van der Waals surface area contributed by atoms with Crippen LogP contribution in [0.2, 0.25) is 0 Å². The molecule has 0 radical (unpaired) electrons. The van der Waals surface area contributed by atoms with E-state index in [1.54, 1.807) is 19.2 Å². The monoisotopic (exact) mass is 264 g/mol. The zero-order chi connectivity index (χ0) is 13.3. The molecule has 2 aromatic heterocycles. The van der Waals surface area contributed by atoms with Crippen molar-refractivity contribution < 1.29 is 14.3 Å². The third-order valence-electron chi connectivity index (χ3n) is 2.53. The van der Waals surface area contributed by atoms with Crippen molar-refractivity contribution in [1.29, 1.82) is 0 Å². The van der Waals surface area contributed by atoms with E-state index in [0.717, 1.165) is 23.2 Å². The van der Waals surface area contributed by atoms with Crippen LogP contribution in [0.5, 0.6) is 0 Å². The lowest BCUT2D eigenvalue weighted by atomic mass is 10.2. The second kappa shape index (κ2) is 4.81. The number of hydrogen-bond donors (Lipinski definition) is 1. The van der Waals surface area contributed by atoms with Gasteiger partial charge in [0.25, 0.3) is 5.22 Å². The number of carboxylic acids is 1. The zero-order valence-corrected chi connectivity index (χ0v) is 11.0. The first-order valence-corrected chi connectivity index (χ1v) is 6.11. The highest BCUT2D eigenvalue weighted by Crippen LogP contribution is 2.30. The van der Waals surface area contributed by atoms with Crippen molar-refractivity contribution in [2.24, 2.45) is 0 Å². The van der Waals surface area contributed by atoms with Gasteiger partial charge < -0.3 is 9.52 Å². The topological polar surface area (TPSA) is 76.2 Å². The van der Waals surface area contributed by atoms with Crippen molar-refractivity contribution in [2.75, 3.05) is 0 Å². The Morgan fingerprint density at radius 1 is 1.39 bits per heavy atom. The van der Waals surface area contributed by atoms with Crippen LogP contribution < -0.4 is 0 Å². The highest BCUT2D eigenvalue weighted by molar-refractivity contribution is 7.99. The van der Waals surface area contributed by atoms with E-state index in [2.05, 4.69) is 9.97 Å². The zero-order valence-electron chi connectivity index (χ0n) is 10.2. The quantitative estimate of drug-likeness (QED) is 0.918. The smallest absolute Gasteiger partial charge is 0.338 e. The van der Waals surface area contributed by atoms with E-state index >= 15 is 0 Å². The van der Waals surface area contributed by atoms with Gasteiger partial charge >= 0.3 is 5.97 Å². The van der Waals surface area contributed by atoms with E-state index in [9.17, 15) is 9.90 Å². The summed E-state index contributed by atoms with van der Waals surface area (Å²) in [6.07, 6.45) is 1.58. The van der Waals surface area contributed by atoms with Crippen LogP contribution in [0.25, 0.3) is 0 Å². The second-order valence-electron chi connectivity index (χ2n) is 3.84. The van der Waals surface area contributed by atoms with Crippen LogP contribution in [-0.4, -0.2) is 21.0 Å². The summed E-state index contributed by atoms with van der Waals surface area (Å²) in [6.45, 7) is 5.39. The van der Waals surface area contributed by atoms with Crippen LogP contribution in [0.3, 0.4) is 0 Å². The van der Waals surface area contributed by atoms with E-state index in [1.807, 2.05) is 13.8 Å². The van der Waals surface area contributed by atoms with Crippen molar-refractivity contribution in [3.8, 4) is 0 Å². The highest BCUT2D eigenvalue weighted by Gasteiger charge is 2.18. The molecule has 0 fully saturated rings. The Bertz CT molecular complexity index is 588. The van der Waals surface area contributed by atoms with E-state index < -0.39 is 5.97 Å². The number of hydrogen-bond acceptors (Lipinski definition) is 5. The van der Waals surface area contributed by atoms with Gasteiger partial charge in [-0.15, -0.1) is 0 Å². The largest absolute Gasteiger partial charge is 0.478 e. The fourth-order valence-electron chi connectivity index (χ4n) is 1.44. The molecule has 0 amide bonds. The summed E-state index contributed by atoms with van der Waals surface area (Å²) in [7, 11) is 0. The molecule has 6 heteroatoms. The average Bonchev–Trinajstić information content (AvgIpc) is 2.57. The van der Waals surface area contributed by atoms with Gasteiger partial charge in [0, 0.05) is 6.20 Å². The molecule has 0 bridgehead atoms. The van der Waals surface area contributed by atoms with Gasteiger partial charge in [0.05, 0.1) is 11.3 Å². The van der Waals surface area contributed by atoms with Gasteiger partial charge in [-0.1, -0.05) is 0 Å². The minimum atomic E-state index is -0.997. The van der Waals surface area contributed by atoms with Gasteiger partial charge in [-0.3, -0.25) is 0 Å². The molecule has 2 rings (SSSR count). The lowest BCUT2D eigenvalue weighted by Gasteiger charge is -2.04. The maximum absolute atomic E-state index is 11.2. The summed E-state index contributed by atoms with van der Waals surface area (Å²) in [4.78, 5) is 19.5. The lowest BCUT2D eigenvalue weighted by Crippen LogP contribution is -2.03. The van der Waals surface area contributed by atoms with Crippen LogP contribution in [-0.2, 0) is 0 Å². The summed E-state index contributed by atoms with van der Waals surface area (Å²) in [5.41, 5.74) is 1.65. The summed E-state index contributed by atoms with van der Waals surface area (Å²) >= 11 is 1.12. The third kappa shape index (κ3) is 2.38. The first-order valence-electron chi connectivity index (χ1n) is 5.30. The lowest BCUT2D eigenvalue weighted by molar-refractivity contribution is 0.0691. The standard InChI is InChI=1S/C12H12N2O3S/c1-6-4-5-13-10(9(6)11(15)16)18-12-14-7(2)8(3)17-12/h4-5H,1-3H3,(H,15,16). The number of pyridine rings is 1. The normalized spacial score (nSPS) is 10.6. The van der Waals surface area contributed by atoms with Crippen LogP contribution in [0.4, 0.5) is 0 Å². The van der Waals surface area contributed by atoms with Crippen LogP contribution in [0, 0.1) is 20.8 Å². The van der Waals surface area contributed by atoms with Crippen molar-refractivity contribution in [3.63, 3.8) is 0 Å². The van der Waals surface area contributed by atoms with E-state index in [4.69, 9.17) is 4.42 Å². The number of rotatable bonds is 3. The Hall–Kier alpha value is -1.82. The summed E-state index contributed by atoms with van der Waals surface area (Å²) in [5.74, 6) is -0.273. The van der Waals surface area contributed by atoms with Crippen LogP contribution >= 0.6 is 11.8 Å². The summed E-state index contributed by atoms with van der Waals surface area (Å²) in [6, 6.07) is 1.67. The molecule has 1 N–H and O–H groups in total. The predicted molar refractivity (Wildman–Crippen MR) is 66.0 cm³/mol. The molecule has 18 heavy (non-hydrogen) atoms. The molecular weight excluding hydrogens is 252 g/mol. The molecule has 2 heterocycles. The van der Waals surface area contributed by atoms with E-state index in [0.29, 0.717) is 15.8 Å². The van der Waals surface area contributed by atoms with Crippen molar-refractivity contribution >= 4 is 17.7 Å². The molecule has 0 saturated carbocycles. The van der Waals surface area contributed by atoms with Gasteiger partial charge in [-0.2, -0.15) is 0 Å². The number of nitrogens with zero attached hydrogens (tertiary/aromatic N) is 2. The molecule has 5 nitrogen and oxygen atoms in total. The molecule has 2 aromatic rings. The van der Waals surface area contributed by atoms with E-state index in [-0.39, 0.29) is 5.56 Å². The van der Waals surface area contributed by atoms with Crippen molar-refractivity contribution in [3.05, 3.63) is 34.8 Å². The van der Waals surface area contributed by atoms with Crippen molar-refractivity contribution in [2.45, 2.75) is 31.0 Å². The molecule has 0 unspecified atom stereocenters. The molecule has 0 aliphatic heterocycles. The first-order chi connectivity index (χ1) is 8.49. The number of aromatic carboxylic acids is 1. The highest BCUT2D eigenvalue weighted by atomic mass is 32.2. The minimum Gasteiger partial charge on any atom is -0.478 e. The number of aromatic nitrogens is 2. The number of carboxylic acid groups (broad SMARTS) is 1. The Kier molecular flexibility index (Phi) is 3.38. The van der Waals surface area contributed by atoms with Gasteiger partial charge in [0.2, 0.25) is 0 Å². The van der Waals surface area contributed by atoms with Gasteiger partial charge in [0.15, 0.2) is 0 Å². The van der Waals surface area contributed by atoms with Crippen molar-refractivity contribution in [1.82, 2.24) is 9.97 Å². The third-order valence-corrected chi connectivity index (χ3v) is 3.38. The molecule has 0 atom stereocenters. The maximum atomic E-state index is 11.2. The molecular formula is C12H12N2O3S. The Morgan fingerprint density at radius 2 is 2.11 bits per heavy atom. The summed E-state index contributed by atoms with van der Waals surface area (Å²) in [5, 5.41) is 9.98. The van der Waals surface area contributed by atoms with Gasteiger partial charge in [-0.25, -0.2) is 14.8 Å². The molecule has 0 spiro atoms. The Labute approximate surface area is 108 Å². The molecule has 0 aliphatic rings. The van der Waals surface area contributed by atoms with Crippen LogP contribution in [0.1, 0.15) is 27.4 Å². The Morgan fingerprint density at radius 3 is 2.67 bits per heavy atom. The predicted octanol–water partition coefficient (Wildman–Crippen LogP) is 2.84. The number of oxazole rings is 1. The number of carbonyl (C=O) groups is 1. The molecule has 0 aliphatic carbocycles. The average molecular weight is 264 g/mol. The second-order valence-corrected chi connectivity index (χ2v) is 4.78. The molecule has 0 aromatic carbocycles. The Balaban J connectivity index is 2.40. The van der Waals surface area contributed by atoms with Gasteiger partial charge in [-0.05, 0) is 44.2 Å². The van der Waals surface area contributed by atoms with E-state index in [1.165, 1.54) is 0 Å². The maximum Gasteiger partial charge on any atom is 0.338 e. The fraction of sp³-hybridized carbons (Fsp3) is 0.250. The first kappa shape index (κ1) is 12.6. The van der Waals surface area contributed by atoms with Crippen LogP contribution in [0.15, 0.2) is 26.9 Å². The SMILES string of the molecule is Cc1ccnc(Sc2nc(C)c(C)o2)c1C(=O)O.